The van der Waals surface area contributed by atoms with E-state index in [2.05, 4.69) is 10.3 Å². The summed E-state index contributed by atoms with van der Waals surface area (Å²) in [6, 6.07) is 3.17. The molecule has 0 spiro atoms. The first-order valence-corrected chi connectivity index (χ1v) is 5.62. The number of hydrogen-bond donors (Lipinski definition) is 2. The zero-order chi connectivity index (χ0) is 11.5. The Labute approximate surface area is 98.6 Å². The molecule has 16 heavy (non-hydrogen) atoms. The van der Waals surface area contributed by atoms with Gasteiger partial charge in [0, 0.05) is 12.7 Å². The van der Waals surface area contributed by atoms with Gasteiger partial charge in [-0.25, -0.2) is 4.98 Å². The zero-order valence-electron chi connectivity index (χ0n) is 8.69. The molecular formula is C11H13ClN2O2. The molecule has 0 aromatic carbocycles. The number of halogens is 1. The number of aliphatic hydroxyl groups excluding tert-OH is 1. The van der Waals surface area contributed by atoms with E-state index in [0.29, 0.717) is 23.2 Å². The summed E-state index contributed by atoms with van der Waals surface area (Å²) < 4.78 is 0. The highest BCUT2D eigenvalue weighted by molar-refractivity contribution is 6.29. The van der Waals surface area contributed by atoms with Crippen molar-refractivity contribution in [1.82, 2.24) is 10.3 Å². The lowest BCUT2D eigenvalue weighted by molar-refractivity contribution is 0.0901. The van der Waals surface area contributed by atoms with E-state index < -0.39 is 6.10 Å². The van der Waals surface area contributed by atoms with Crippen LogP contribution in [0.4, 0.5) is 0 Å². The molecule has 1 unspecified atom stereocenters. The van der Waals surface area contributed by atoms with E-state index >= 15 is 0 Å². The standard InChI is InChI=1S/C11H13ClN2O2/c12-10-4-3-8(5-13-10)11(16)14-6-9(15)7-1-2-7/h3-5,7,9,15H,1-2,6H2,(H,14,16). The number of pyridine rings is 1. The second-order valence-corrected chi connectivity index (χ2v) is 4.37. The number of carbonyl (C=O) groups excluding carboxylic acids is 1. The molecule has 1 atom stereocenters. The zero-order valence-corrected chi connectivity index (χ0v) is 9.44. The normalized spacial score (nSPS) is 16.9. The monoisotopic (exact) mass is 240 g/mol. The first-order valence-electron chi connectivity index (χ1n) is 5.24. The lowest BCUT2D eigenvalue weighted by Gasteiger charge is -2.10. The van der Waals surface area contributed by atoms with Gasteiger partial charge in [-0.1, -0.05) is 11.6 Å². The van der Waals surface area contributed by atoms with E-state index in [1.807, 2.05) is 0 Å². The number of carbonyl (C=O) groups is 1. The Morgan fingerprint density at radius 3 is 2.94 bits per heavy atom. The van der Waals surface area contributed by atoms with E-state index in [1.165, 1.54) is 6.20 Å². The van der Waals surface area contributed by atoms with Gasteiger partial charge in [0.05, 0.1) is 11.7 Å². The van der Waals surface area contributed by atoms with Crippen LogP contribution in [0.25, 0.3) is 0 Å². The smallest absolute Gasteiger partial charge is 0.252 e. The SMILES string of the molecule is O=C(NCC(O)C1CC1)c1ccc(Cl)nc1. The predicted octanol–water partition coefficient (Wildman–Crippen LogP) is 1.24. The Kier molecular flexibility index (Phi) is 3.41. The molecular weight excluding hydrogens is 228 g/mol. The van der Waals surface area contributed by atoms with Crippen LogP contribution >= 0.6 is 11.6 Å². The topological polar surface area (TPSA) is 62.2 Å². The van der Waals surface area contributed by atoms with Gasteiger partial charge >= 0.3 is 0 Å². The van der Waals surface area contributed by atoms with E-state index in [4.69, 9.17) is 11.6 Å². The summed E-state index contributed by atoms with van der Waals surface area (Å²) in [4.78, 5) is 15.4. The average Bonchev–Trinajstić information content (AvgIpc) is 3.10. The fourth-order valence-corrected chi connectivity index (χ4v) is 1.57. The van der Waals surface area contributed by atoms with Crippen LogP contribution in [0.15, 0.2) is 18.3 Å². The molecule has 1 amide bonds. The Bertz CT molecular complexity index is 376. The number of aliphatic hydroxyl groups is 1. The number of rotatable bonds is 4. The molecule has 2 N–H and O–H groups in total. The maximum atomic E-state index is 11.6. The number of amides is 1. The van der Waals surface area contributed by atoms with Crippen LogP contribution in [-0.2, 0) is 0 Å². The first-order chi connectivity index (χ1) is 7.66. The summed E-state index contributed by atoms with van der Waals surface area (Å²) >= 11 is 5.61. The molecule has 1 fully saturated rings. The molecule has 1 heterocycles. The van der Waals surface area contributed by atoms with Crippen molar-refractivity contribution in [2.75, 3.05) is 6.54 Å². The van der Waals surface area contributed by atoms with Crippen molar-refractivity contribution in [3.63, 3.8) is 0 Å². The van der Waals surface area contributed by atoms with Gasteiger partial charge in [-0.2, -0.15) is 0 Å². The average molecular weight is 241 g/mol. The molecule has 86 valence electrons. The number of aromatic nitrogens is 1. The fraction of sp³-hybridized carbons (Fsp3) is 0.455. The molecule has 4 nitrogen and oxygen atoms in total. The van der Waals surface area contributed by atoms with Crippen molar-refractivity contribution in [3.8, 4) is 0 Å². The largest absolute Gasteiger partial charge is 0.391 e. The number of hydrogen-bond acceptors (Lipinski definition) is 3. The first kappa shape index (κ1) is 11.4. The van der Waals surface area contributed by atoms with Crippen molar-refractivity contribution in [1.29, 1.82) is 0 Å². The molecule has 1 aromatic heterocycles. The van der Waals surface area contributed by atoms with Gasteiger partial charge < -0.3 is 10.4 Å². The fourth-order valence-electron chi connectivity index (χ4n) is 1.46. The van der Waals surface area contributed by atoms with Gasteiger partial charge in [-0.15, -0.1) is 0 Å². The maximum Gasteiger partial charge on any atom is 0.252 e. The van der Waals surface area contributed by atoms with E-state index in [1.54, 1.807) is 12.1 Å². The molecule has 5 heteroatoms. The van der Waals surface area contributed by atoms with E-state index in [0.717, 1.165) is 12.8 Å². The highest BCUT2D eigenvalue weighted by Gasteiger charge is 2.29. The Hall–Kier alpha value is -1.13. The summed E-state index contributed by atoms with van der Waals surface area (Å²) in [5.41, 5.74) is 0.451. The minimum absolute atomic E-state index is 0.233. The highest BCUT2D eigenvalue weighted by atomic mass is 35.5. The summed E-state index contributed by atoms with van der Waals surface area (Å²) in [5, 5.41) is 12.6. The van der Waals surface area contributed by atoms with E-state index in [-0.39, 0.29) is 5.91 Å². The van der Waals surface area contributed by atoms with Crippen molar-refractivity contribution >= 4 is 17.5 Å². The Morgan fingerprint density at radius 2 is 2.38 bits per heavy atom. The molecule has 2 rings (SSSR count). The van der Waals surface area contributed by atoms with Gasteiger partial charge in [-0.05, 0) is 30.9 Å². The van der Waals surface area contributed by atoms with Crippen LogP contribution in [0.3, 0.4) is 0 Å². The maximum absolute atomic E-state index is 11.6. The number of nitrogens with zero attached hydrogens (tertiary/aromatic N) is 1. The van der Waals surface area contributed by atoms with Crippen LogP contribution in [0.5, 0.6) is 0 Å². The lowest BCUT2D eigenvalue weighted by atomic mass is 10.2. The molecule has 0 aliphatic heterocycles. The van der Waals surface area contributed by atoms with Crippen LogP contribution in [0.2, 0.25) is 5.15 Å². The third-order valence-corrected chi connectivity index (χ3v) is 2.85. The van der Waals surface area contributed by atoms with Gasteiger partial charge in [0.1, 0.15) is 5.15 Å². The van der Waals surface area contributed by atoms with Gasteiger partial charge in [0.2, 0.25) is 0 Å². The van der Waals surface area contributed by atoms with E-state index in [9.17, 15) is 9.90 Å². The third kappa shape index (κ3) is 2.93. The molecule has 1 aliphatic rings. The van der Waals surface area contributed by atoms with Crippen molar-refractivity contribution < 1.29 is 9.90 Å². The quantitative estimate of drug-likeness (QED) is 0.779. The highest BCUT2D eigenvalue weighted by Crippen LogP contribution is 2.32. The Morgan fingerprint density at radius 1 is 1.62 bits per heavy atom. The lowest BCUT2D eigenvalue weighted by Crippen LogP contribution is -2.33. The van der Waals surface area contributed by atoms with Crippen LogP contribution in [0.1, 0.15) is 23.2 Å². The minimum atomic E-state index is -0.427. The summed E-state index contributed by atoms with van der Waals surface area (Å²) in [5.74, 6) is 0.132. The van der Waals surface area contributed by atoms with Crippen LogP contribution < -0.4 is 5.32 Å². The van der Waals surface area contributed by atoms with Gasteiger partial charge in [-0.3, -0.25) is 4.79 Å². The summed E-state index contributed by atoms with van der Waals surface area (Å²) in [6.45, 7) is 0.298. The van der Waals surface area contributed by atoms with Crippen molar-refractivity contribution in [3.05, 3.63) is 29.0 Å². The van der Waals surface area contributed by atoms with Crippen LogP contribution in [0, 0.1) is 5.92 Å². The summed E-state index contributed by atoms with van der Waals surface area (Å²) in [7, 11) is 0. The van der Waals surface area contributed by atoms with Gasteiger partial charge in [0.25, 0.3) is 5.91 Å². The number of nitrogens with one attached hydrogen (secondary N) is 1. The summed E-state index contributed by atoms with van der Waals surface area (Å²) in [6.07, 6.45) is 3.10. The minimum Gasteiger partial charge on any atom is -0.391 e. The molecule has 0 saturated heterocycles. The Balaban J connectivity index is 1.85. The predicted molar refractivity (Wildman–Crippen MR) is 60.3 cm³/mol. The molecule has 0 radical (unpaired) electrons. The molecule has 1 aliphatic carbocycles. The van der Waals surface area contributed by atoms with Gasteiger partial charge in [0.15, 0.2) is 0 Å². The van der Waals surface area contributed by atoms with Crippen molar-refractivity contribution in [2.45, 2.75) is 18.9 Å². The molecule has 0 bridgehead atoms. The van der Waals surface area contributed by atoms with Crippen molar-refractivity contribution in [2.24, 2.45) is 5.92 Å². The second kappa shape index (κ2) is 4.80. The third-order valence-electron chi connectivity index (χ3n) is 2.63. The molecule has 1 saturated carbocycles. The second-order valence-electron chi connectivity index (χ2n) is 3.98. The van der Waals surface area contributed by atoms with Crippen LogP contribution in [-0.4, -0.2) is 28.6 Å². The molecule has 1 aromatic rings.